The van der Waals surface area contributed by atoms with Crippen LogP contribution in [0.5, 0.6) is 0 Å². The quantitative estimate of drug-likeness (QED) is 0.508. The molecule has 0 unspecified atom stereocenters. The van der Waals surface area contributed by atoms with E-state index in [4.69, 9.17) is 16.9 Å². The normalized spacial score (nSPS) is 12.9. The SMILES string of the molecule is CCN(Sc1cncc(C#N)c1)[C@H](c1ccc(Cl)c(F)c1)C(F)(F)F. The first-order valence-electron chi connectivity index (χ1n) is 7.07. The number of aromatic nitrogens is 1. The molecule has 0 amide bonds. The second-order valence-corrected chi connectivity index (χ2v) is 6.49. The van der Waals surface area contributed by atoms with Crippen LogP contribution in [0.2, 0.25) is 5.02 Å². The highest BCUT2D eigenvalue weighted by Gasteiger charge is 2.45. The predicted octanol–water partition coefficient (Wildman–Crippen LogP) is 5.38. The van der Waals surface area contributed by atoms with E-state index >= 15 is 0 Å². The van der Waals surface area contributed by atoms with E-state index in [1.165, 1.54) is 18.5 Å². The Balaban J connectivity index is 2.40. The summed E-state index contributed by atoms with van der Waals surface area (Å²) in [4.78, 5) is 4.21. The highest BCUT2D eigenvalue weighted by molar-refractivity contribution is 7.97. The zero-order valence-electron chi connectivity index (χ0n) is 12.9. The van der Waals surface area contributed by atoms with Gasteiger partial charge in [-0.15, -0.1) is 0 Å². The number of halogens is 5. The molecular weight excluding hydrogens is 378 g/mol. The Hall–Kier alpha value is -1.82. The summed E-state index contributed by atoms with van der Waals surface area (Å²) >= 11 is 6.36. The van der Waals surface area contributed by atoms with Crippen LogP contribution in [0.15, 0.2) is 41.6 Å². The van der Waals surface area contributed by atoms with Gasteiger partial charge in [-0.1, -0.05) is 24.6 Å². The van der Waals surface area contributed by atoms with Crippen LogP contribution in [0.3, 0.4) is 0 Å². The van der Waals surface area contributed by atoms with E-state index in [-0.39, 0.29) is 22.7 Å². The van der Waals surface area contributed by atoms with E-state index in [0.29, 0.717) is 4.90 Å². The van der Waals surface area contributed by atoms with Gasteiger partial charge < -0.3 is 0 Å². The summed E-state index contributed by atoms with van der Waals surface area (Å²) < 4.78 is 55.6. The van der Waals surface area contributed by atoms with E-state index in [0.717, 1.165) is 34.5 Å². The average Bonchev–Trinajstić information content (AvgIpc) is 2.56. The molecule has 1 aromatic heterocycles. The van der Waals surface area contributed by atoms with E-state index in [1.54, 1.807) is 6.92 Å². The molecule has 25 heavy (non-hydrogen) atoms. The van der Waals surface area contributed by atoms with Gasteiger partial charge in [0, 0.05) is 23.8 Å². The molecule has 0 radical (unpaired) electrons. The lowest BCUT2D eigenvalue weighted by molar-refractivity contribution is -0.172. The fourth-order valence-electron chi connectivity index (χ4n) is 2.17. The highest BCUT2D eigenvalue weighted by atomic mass is 35.5. The summed E-state index contributed by atoms with van der Waals surface area (Å²) in [5, 5.41) is 8.64. The maximum absolute atomic E-state index is 13.7. The standard InChI is InChI=1S/C16H12ClF4N3S/c1-2-24(25-12-5-10(7-22)8-23-9-12)15(16(19,20)21)11-3-4-13(17)14(18)6-11/h3-6,8-9,15H,2H2,1H3/t15-/m1/s1. The maximum Gasteiger partial charge on any atom is 0.408 e. The molecule has 0 aliphatic heterocycles. The van der Waals surface area contributed by atoms with Crippen molar-refractivity contribution in [1.82, 2.24) is 9.29 Å². The third-order valence-electron chi connectivity index (χ3n) is 3.23. The molecule has 3 nitrogen and oxygen atoms in total. The molecule has 2 rings (SSSR count). The van der Waals surface area contributed by atoms with Gasteiger partial charge in [-0.3, -0.25) is 4.98 Å². The number of hydrogen-bond acceptors (Lipinski definition) is 4. The van der Waals surface area contributed by atoms with Crippen molar-refractivity contribution in [2.45, 2.75) is 24.0 Å². The van der Waals surface area contributed by atoms with E-state index in [2.05, 4.69) is 4.98 Å². The van der Waals surface area contributed by atoms with Gasteiger partial charge in [0.2, 0.25) is 0 Å². The van der Waals surface area contributed by atoms with Crippen molar-refractivity contribution in [3.8, 4) is 6.07 Å². The van der Waals surface area contributed by atoms with Crippen molar-refractivity contribution in [3.05, 3.63) is 58.6 Å². The fourth-order valence-corrected chi connectivity index (χ4v) is 3.32. The molecule has 0 saturated carbocycles. The van der Waals surface area contributed by atoms with E-state index in [1.807, 2.05) is 6.07 Å². The van der Waals surface area contributed by atoms with Crippen molar-refractivity contribution in [3.63, 3.8) is 0 Å². The van der Waals surface area contributed by atoms with Crippen LogP contribution in [0.25, 0.3) is 0 Å². The molecule has 0 fully saturated rings. The topological polar surface area (TPSA) is 39.9 Å². The van der Waals surface area contributed by atoms with Crippen LogP contribution >= 0.6 is 23.5 Å². The Morgan fingerprint density at radius 3 is 2.60 bits per heavy atom. The summed E-state index contributed by atoms with van der Waals surface area (Å²) in [7, 11) is 0. The molecule has 1 heterocycles. The lowest BCUT2D eigenvalue weighted by Gasteiger charge is -2.31. The van der Waals surface area contributed by atoms with E-state index < -0.39 is 18.0 Å². The largest absolute Gasteiger partial charge is 0.408 e. The lowest BCUT2D eigenvalue weighted by atomic mass is 10.1. The molecule has 9 heteroatoms. The molecule has 0 N–H and O–H groups in total. The Morgan fingerprint density at radius 1 is 1.32 bits per heavy atom. The van der Waals surface area contributed by atoms with Gasteiger partial charge in [-0.05, 0) is 35.7 Å². The number of hydrogen-bond donors (Lipinski definition) is 0. The summed E-state index contributed by atoms with van der Waals surface area (Å²) in [6, 6.07) is 4.32. The smallest absolute Gasteiger partial charge is 0.262 e. The molecule has 1 aromatic carbocycles. The summed E-state index contributed by atoms with van der Waals surface area (Å²) in [5.74, 6) is -0.914. The number of benzene rings is 1. The van der Waals surface area contributed by atoms with Crippen molar-refractivity contribution in [1.29, 1.82) is 5.26 Å². The molecule has 132 valence electrons. The van der Waals surface area contributed by atoms with Crippen LogP contribution in [-0.2, 0) is 0 Å². The summed E-state index contributed by atoms with van der Waals surface area (Å²) in [6.45, 7) is 1.58. The number of rotatable bonds is 5. The van der Waals surface area contributed by atoms with Crippen LogP contribution in [0.4, 0.5) is 17.6 Å². The van der Waals surface area contributed by atoms with Crippen molar-refractivity contribution >= 4 is 23.5 Å². The third kappa shape index (κ3) is 4.84. The third-order valence-corrected chi connectivity index (χ3v) is 4.68. The monoisotopic (exact) mass is 389 g/mol. The first kappa shape index (κ1) is 19.5. The Bertz CT molecular complexity index is 792. The molecule has 0 aliphatic carbocycles. The zero-order chi connectivity index (χ0) is 18.6. The van der Waals surface area contributed by atoms with Gasteiger partial charge >= 0.3 is 6.18 Å². The minimum Gasteiger partial charge on any atom is -0.262 e. The van der Waals surface area contributed by atoms with Gasteiger partial charge in [-0.2, -0.15) is 18.4 Å². The number of alkyl halides is 3. The molecule has 0 aliphatic rings. The van der Waals surface area contributed by atoms with Gasteiger partial charge in [0.15, 0.2) is 0 Å². The Labute approximate surface area is 151 Å². The Morgan fingerprint density at radius 2 is 2.04 bits per heavy atom. The minimum atomic E-state index is -4.64. The molecule has 0 spiro atoms. The fraction of sp³-hybridized carbons (Fsp3) is 0.250. The molecular formula is C16H12ClF4N3S. The molecule has 0 bridgehead atoms. The first-order valence-corrected chi connectivity index (χ1v) is 8.22. The van der Waals surface area contributed by atoms with Gasteiger partial charge in [-0.25, -0.2) is 8.70 Å². The summed E-state index contributed by atoms with van der Waals surface area (Å²) in [6.07, 6.45) is -1.95. The second kappa shape index (κ2) is 8.04. The lowest BCUT2D eigenvalue weighted by Crippen LogP contribution is -2.34. The van der Waals surface area contributed by atoms with Crippen LogP contribution in [-0.4, -0.2) is 22.0 Å². The Kier molecular flexibility index (Phi) is 6.27. The number of nitrogens with zero attached hydrogens (tertiary/aromatic N) is 3. The maximum atomic E-state index is 13.7. The van der Waals surface area contributed by atoms with Crippen LogP contribution in [0, 0.1) is 17.1 Å². The minimum absolute atomic E-state index is 0.0237. The van der Waals surface area contributed by atoms with Crippen LogP contribution in [0.1, 0.15) is 24.1 Å². The summed E-state index contributed by atoms with van der Waals surface area (Å²) in [5.41, 5.74) is -0.0182. The first-order chi connectivity index (χ1) is 11.8. The molecule has 2 aromatic rings. The molecule has 1 atom stereocenters. The highest BCUT2D eigenvalue weighted by Crippen LogP contribution is 2.43. The zero-order valence-corrected chi connectivity index (χ0v) is 14.5. The van der Waals surface area contributed by atoms with E-state index in [9.17, 15) is 17.6 Å². The second-order valence-electron chi connectivity index (χ2n) is 4.96. The average molecular weight is 390 g/mol. The van der Waals surface area contributed by atoms with Crippen LogP contribution < -0.4 is 0 Å². The molecule has 0 saturated heterocycles. The van der Waals surface area contributed by atoms with Gasteiger partial charge in [0.1, 0.15) is 17.9 Å². The predicted molar refractivity (Wildman–Crippen MR) is 87.4 cm³/mol. The number of pyridine rings is 1. The van der Waals surface area contributed by atoms with Crippen molar-refractivity contribution in [2.24, 2.45) is 0 Å². The number of nitriles is 1. The van der Waals surface area contributed by atoms with Gasteiger partial charge in [0.25, 0.3) is 0 Å². The van der Waals surface area contributed by atoms with Gasteiger partial charge in [0.05, 0.1) is 10.6 Å². The van der Waals surface area contributed by atoms with Crippen molar-refractivity contribution < 1.29 is 17.6 Å². The van der Waals surface area contributed by atoms with Crippen molar-refractivity contribution in [2.75, 3.05) is 6.54 Å².